The van der Waals surface area contributed by atoms with Gasteiger partial charge in [0.15, 0.2) is 0 Å². The van der Waals surface area contributed by atoms with E-state index in [4.69, 9.17) is 10.5 Å². The van der Waals surface area contributed by atoms with Crippen molar-refractivity contribution in [2.24, 2.45) is 11.7 Å². The van der Waals surface area contributed by atoms with Gasteiger partial charge in [0.05, 0.1) is 12.8 Å². The molecular weight excluding hydrogens is 231 g/mol. The average molecular weight is 252 g/mol. The molecule has 2 unspecified atom stereocenters. The van der Waals surface area contributed by atoms with Crippen molar-refractivity contribution in [2.45, 2.75) is 31.7 Å². The largest absolute Gasteiger partial charge is 0.497 e. The molecule has 2 atom stereocenters. The lowest BCUT2D eigenvalue weighted by atomic mass is 9.95. The Morgan fingerprint density at radius 3 is 2.89 bits per heavy atom. The van der Waals surface area contributed by atoms with Crippen LogP contribution in [0.3, 0.4) is 0 Å². The summed E-state index contributed by atoms with van der Waals surface area (Å²) in [7, 11) is 1.58. The maximum atomic E-state index is 13.8. The number of ether oxygens (including phenoxy) is 1. The van der Waals surface area contributed by atoms with Gasteiger partial charge in [0, 0.05) is 18.2 Å². The zero-order valence-corrected chi connectivity index (χ0v) is 11.0. The van der Waals surface area contributed by atoms with Gasteiger partial charge in [-0.05, 0) is 37.3 Å². The molecule has 0 spiro atoms. The fourth-order valence-electron chi connectivity index (χ4n) is 2.76. The van der Waals surface area contributed by atoms with Crippen molar-refractivity contribution in [3.63, 3.8) is 0 Å². The second-order valence-corrected chi connectivity index (χ2v) is 5.30. The van der Waals surface area contributed by atoms with E-state index in [1.165, 1.54) is 6.07 Å². The molecule has 0 heterocycles. The van der Waals surface area contributed by atoms with Crippen molar-refractivity contribution < 1.29 is 9.13 Å². The van der Waals surface area contributed by atoms with E-state index >= 15 is 0 Å². The maximum absolute atomic E-state index is 13.8. The molecular formula is C14H21FN2O. The van der Waals surface area contributed by atoms with Crippen LogP contribution in [-0.4, -0.2) is 19.2 Å². The SMILES string of the molecule is COc1ccc(F)c(NC2(CN)CCC(C)C2)c1. The number of nitrogens with two attached hydrogens (primary N) is 1. The zero-order valence-electron chi connectivity index (χ0n) is 11.0. The van der Waals surface area contributed by atoms with Gasteiger partial charge < -0.3 is 15.8 Å². The van der Waals surface area contributed by atoms with Crippen LogP contribution < -0.4 is 15.8 Å². The monoisotopic (exact) mass is 252 g/mol. The van der Waals surface area contributed by atoms with Gasteiger partial charge in [-0.3, -0.25) is 0 Å². The van der Waals surface area contributed by atoms with E-state index in [9.17, 15) is 4.39 Å². The van der Waals surface area contributed by atoms with Crippen molar-refractivity contribution >= 4 is 5.69 Å². The predicted octanol–water partition coefficient (Wildman–Crippen LogP) is 2.76. The number of rotatable bonds is 4. The highest BCUT2D eigenvalue weighted by molar-refractivity contribution is 5.51. The first-order chi connectivity index (χ1) is 8.58. The standard InChI is InChI=1S/C14H21FN2O/c1-10-5-6-14(8-10,9-16)17-13-7-11(18-2)3-4-12(13)15/h3-4,7,10,17H,5-6,8-9,16H2,1-2H3. The highest BCUT2D eigenvalue weighted by Crippen LogP contribution is 2.37. The van der Waals surface area contributed by atoms with Gasteiger partial charge in [-0.1, -0.05) is 6.92 Å². The minimum atomic E-state index is -0.261. The third-order valence-corrected chi connectivity index (χ3v) is 3.82. The van der Waals surface area contributed by atoms with Gasteiger partial charge in [-0.15, -0.1) is 0 Å². The Morgan fingerprint density at radius 2 is 2.33 bits per heavy atom. The molecule has 1 aromatic carbocycles. The van der Waals surface area contributed by atoms with Crippen molar-refractivity contribution in [3.8, 4) is 5.75 Å². The molecule has 1 saturated carbocycles. The first-order valence-electron chi connectivity index (χ1n) is 6.40. The summed E-state index contributed by atoms with van der Waals surface area (Å²) >= 11 is 0. The van der Waals surface area contributed by atoms with E-state index < -0.39 is 0 Å². The van der Waals surface area contributed by atoms with Crippen LogP contribution >= 0.6 is 0 Å². The Kier molecular flexibility index (Phi) is 3.76. The average Bonchev–Trinajstić information content (AvgIpc) is 2.74. The lowest BCUT2D eigenvalue weighted by Crippen LogP contribution is -2.43. The Hall–Kier alpha value is -1.29. The Morgan fingerprint density at radius 1 is 1.56 bits per heavy atom. The molecule has 2 rings (SSSR count). The molecule has 100 valence electrons. The molecule has 1 fully saturated rings. The second kappa shape index (κ2) is 5.14. The number of nitrogens with one attached hydrogen (secondary N) is 1. The van der Waals surface area contributed by atoms with Crippen molar-refractivity contribution in [1.29, 1.82) is 0 Å². The zero-order chi connectivity index (χ0) is 13.2. The van der Waals surface area contributed by atoms with Crippen LogP contribution in [0.15, 0.2) is 18.2 Å². The second-order valence-electron chi connectivity index (χ2n) is 5.30. The summed E-state index contributed by atoms with van der Waals surface area (Å²) < 4.78 is 18.9. The summed E-state index contributed by atoms with van der Waals surface area (Å²) in [5.74, 6) is 1.02. The van der Waals surface area contributed by atoms with Gasteiger partial charge in [0.25, 0.3) is 0 Å². The maximum Gasteiger partial charge on any atom is 0.146 e. The molecule has 18 heavy (non-hydrogen) atoms. The number of benzene rings is 1. The summed E-state index contributed by atoms with van der Waals surface area (Å²) in [4.78, 5) is 0. The number of halogens is 1. The third-order valence-electron chi connectivity index (χ3n) is 3.82. The fourth-order valence-corrected chi connectivity index (χ4v) is 2.76. The molecule has 0 aliphatic heterocycles. The minimum Gasteiger partial charge on any atom is -0.497 e. The molecule has 4 heteroatoms. The quantitative estimate of drug-likeness (QED) is 0.866. The number of anilines is 1. The Labute approximate surface area is 108 Å². The summed E-state index contributed by atoms with van der Waals surface area (Å²) in [6, 6.07) is 4.73. The Bertz CT molecular complexity index is 424. The van der Waals surface area contributed by atoms with E-state index in [2.05, 4.69) is 12.2 Å². The van der Waals surface area contributed by atoms with Gasteiger partial charge >= 0.3 is 0 Å². The minimum absolute atomic E-state index is 0.174. The molecule has 0 aromatic heterocycles. The molecule has 1 aliphatic carbocycles. The van der Waals surface area contributed by atoms with Crippen LogP contribution in [0.5, 0.6) is 5.75 Å². The lowest BCUT2D eigenvalue weighted by Gasteiger charge is -2.30. The van der Waals surface area contributed by atoms with Crippen LogP contribution in [0.1, 0.15) is 26.2 Å². The van der Waals surface area contributed by atoms with Gasteiger partial charge in [0.2, 0.25) is 0 Å². The molecule has 1 aromatic rings. The number of methoxy groups -OCH3 is 1. The van der Waals surface area contributed by atoms with E-state index in [1.54, 1.807) is 19.2 Å². The van der Waals surface area contributed by atoms with Crippen molar-refractivity contribution in [2.75, 3.05) is 19.0 Å². The number of hydrogen-bond acceptors (Lipinski definition) is 3. The molecule has 0 saturated heterocycles. The summed E-state index contributed by atoms with van der Waals surface area (Å²) in [6.07, 6.45) is 3.11. The van der Waals surface area contributed by atoms with Crippen LogP contribution in [-0.2, 0) is 0 Å². The van der Waals surface area contributed by atoms with Crippen LogP contribution in [0.25, 0.3) is 0 Å². The summed E-state index contributed by atoms with van der Waals surface area (Å²) in [6.45, 7) is 2.73. The van der Waals surface area contributed by atoms with E-state index in [0.29, 0.717) is 23.9 Å². The van der Waals surface area contributed by atoms with E-state index in [1.807, 2.05) is 0 Å². The van der Waals surface area contributed by atoms with Crippen LogP contribution in [0.2, 0.25) is 0 Å². The topological polar surface area (TPSA) is 47.3 Å². The normalized spacial score (nSPS) is 27.2. The molecule has 0 amide bonds. The fraction of sp³-hybridized carbons (Fsp3) is 0.571. The van der Waals surface area contributed by atoms with E-state index in [-0.39, 0.29) is 11.4 Å². The lowest BCUT2D eigenvalue weighted by molar-refractivity contribution is 0.413. The first kappa shape index (κ1) is 13.1. The first-order valence-corrected chi connectivity index (χ1v) is 6.40. The Balaban J connectivity index is 2.22. The highest BCUT2D eigenvalue weighted by atomic mass is 19.1. The summed E-state index contributed by atoms with van der Waals surface area (Å²) in [5.41, 5.74) is 6.19. The molecule has 1 aliphatic rings. The van der Waals surface area contributed by atoms with E-state index in [0.717, 1.165) is 19.3 Å². The molecule has 3 N–H and O–H groups in total. The highest BCUT2D eigenvalue weighted by Gasteiger charge is 2.36. The summed E-state index contributed by atoms with van der Waals surface area (Å²) in [5, 5.41) is 3.30. The van der Waals surface area contributed by atoms with Gasteiger partial charge in [-0.25, -0.2) is 4.39 Å². The van der Waals surface area contributed by atoms with Crippen LogP contribution in [0.4, 0.5) is 10.1 Å². The molecule has 0 bridgehead atoms. The smallest absolute Gasteiger partial charge is 0.146 e. The van der Waals surface area contributed by atoms with Crippen molar-refractivity contribution in [3.05, 3.63) is 24.0 Å². The predicted molar refractivity (Wildman–Crippen MR) is 71.4 cm³/mol. The number of hydrogen-bond donors (Lipinski definition) is 2. The molecule has 3 nitrogen and oxygen atoms in total. The van der Waals surface area contributed by atoms with Crippen molar-refractivity contribution in [1.82, 2.24) is 0 Å². The third kappa shape index (κ3) is 2.58. The van der Waals surface area contributed by atoms with Gasteiger partial charge in [0.1, 0.15) is 11.6 Å². The van der Waals surface area contributed by atoms with Crippen LogP contribution in [0, 0.1) is 11.7 Å². The van der Waals surface area contributed by atoms with Gasteiger partial charge in [-0.2, -0.15) is 0 Å². The molecule has 0 radical (unpaired) electrons.